The number of hydrogen-bond donors (Lipinski definition) is 1. The van der Waals surface area contributed by atoms with Crippen molar-refractivity contribution in [1.82, 2.24) is 9.97 Å². The zero-order valence-corrected chi connectivity index (χ0v) is 10.3. The second-order valence-corrected chi connectivity index (χ2v) is 4.05. The van der Waals surface area contributed by atoms with Gasteiger partial charge in [-0.2, -0.15) is 0 Å². The second-order valence-electron chi connectivity index (χ2n) is 4.05. The molecule has 0 atom stereocenters. The van der Waals surface area contributed by atoms with Gasteiger partial charge in [0, 0.05) is 25.6 Å². The maximum Gasteiger partial charge on any atom is 0.259 e. The highest BCUT2D eigenvalue weighted by Gasteiger charge is 2.15. The lowest BCUT2D eigenvalue weighted by Crippen LogP contribution is -2.27. The van der Waals surface area contributed by atoms with E-state index in [1.165, 1.54) is 11.1 Å². The van der Waals surface area contributed by atoms with E-state index in [1.54, 1.807) is 37.8 Å². The van der Waals surface area contributed by atoms with Gasteiger partial charge in [0.15, 0.2) is 0 Å². The van der Waals surface area contributed by atoms with Crippen LogP contribution in [-0.4, -0.2) is 22.9 Å². The minimum Gasteiger partial charge on any atom is -0.396 e. The first-order valence-corrected chi connectivity index (χ1v) is 5.49. The third-order valence-corrected chi connectivity index (χ3v) is 2.62. The molecule has 0 fully saturated rings. The van der Waals surface area contributed by atoms with Gasteiger partial charge in [0.1, 0.15) is 0 Å². The molecule has 0 bridgehead atoms. The molecule has 5 nitrogen and oxygen atoms in total. The Morgan fingerprint density at radius 3 is 2.72 bits per heavy atom. The van der Waals surface area contributed by atoms with Crippen molar-refractivity contribution >= 4 is 17.3 Å². The summed E-state index contributed by atoms with van der Waals surface area (Å²) in [5.74, 6) is -0.149. The first-order valence-electron chi connectivity index (χ1n) is 5.49. The molecule has 5 heteroatoms. The summed E-state index contributed by atoms with van der Waals surface area (Å²) in [6, 6.07) is 3.50. The summed E-state index contributed by atoms with van der Waals surface area (Å²) in [6.07, 6.45) is 6.37. The Morgan fingerprint density at radius 1 is 1.28 bits per heavy atom. The Labute approximate surface area is 105 Å². The first-order chi connectivity index (χ1) is 8.59. The standard InChI is InChI=1S/C13H14N4O/c1-9-5-10(7-16-6-9)13(18)17(2)12-3-4-15-8-11(12)14/h3-8H,14H2,1-2H3. The Hall–Kier alpha value is -2.43. The summed E-state index contributed by atoms with van der Waals surface area (Å²) in [4.78, 5) is 21.7. The molecule has 0 spiro atoms. The normalized spacial score (nSPS) is 10.1. The zero-order valence-electron chi connectivity index (χ0n) is 10.3. The minimum atomic E-state index is -0.149. The molecular weight excluding hydrogens is 228 g/mol. The van der Waals surface area contributed by atoms with Crippen LogP contribution in [0.25, 0.3) is 0 Å². The van der Waals surface area contributed by atoms with Crippen LogP contribution in [0.4, 0.5) is 11.4 Å². The maximum atomic E-state index is 12.3. The number of carbonyl (C=O) groups excluding carboxylic acids is 1. The lowest BCUT2D eigenvalue weighted by molar-refractivity contribution is 0.0992. The van der Waals surface area contributed by atoms with Gasteiger partial charge in [-0.1, -0.05) is 0 Å². The van der Waals surface area contributed by atoms with E-state index >= 15 is 0 Å². The number of amides is 1. The SMILES string of the molecule is Cc1cncc(C(=O)N(C)c2ccncc2N)c1. The minimum absolute atomic E-state index is 0.149. The number of aryl methyl sites for hydroxylation is 1. The van der Waals surface area contributed by atoms with Crippen molar-refractivity contribution in [3.63, 3.8) is 0 Å². The number of aromatic nitrogens is 2. The molecule has 0 unspecified atom stereocenters. The average molecular weight is 242 g/mol. The number of rotatable bonds is 2. The molecule has 92 valence electrons. The molecule has 1 amide bonds. The van der Waals surface area contributed by atoms with E-state index in [-0.39, 0.29) is 5.91 Å². The van der Waals surface area contributed by atoms with Gasteiger partial charge in [0.2, 0.25) is 0 Å². The van der Waals surface area contributed by atoms with E-state index in [1.807, 2.05) is 6.92 Å². The van der Waals surface area contributed by atoms with Gasteiger partial charge in [-0.3, -0.25) is 14.8 Å². The van der Waals surface area contributed by atoms with E-state index in [9.17, 15) is 4.79 Å². The van der Waals surface area contributed by atoms with Crippen LogP contribution in [0, 0.1) is 6.92 Å². The number of nitrogens with zero attached hydrogens (tertiary/aromatic N) is 3. The van der Waals surface area contributed by atoms with E-state index in [0.717, 1.165) is 5.56 Å². The highest BCUT2D eigenvalue weighted by molar-refractivity contribution is 6.07. The number of pyridine rings is 2. The molecule has 0 aliphatic carbocycles. The van der Waals surface area contributed by atoms with Crippen molar-refractivity contribution in [1.29, 1.82) is 0 Å². The van der Waals surface area contributed by atoms with Gasteiger partial charge in [0.05, 0.1) is 23.1 Å². The van der Waals surface area contributed by atoms with Crippen LogP contribution < -0.4 is 10.6 Å². The summed E-state index contributed by atoms with van der Waals surface area (Å²) in [7, 11) is 1.68. The molecule has 0 saturated heterocycles. The molecule has 0 aliphatic heterocycles. The average Bonchev–Trinajstić information content (AvgIpc) is 2.37. The van der Waals surface area contributed by atoms with Crippen molar-refractivity contribution < 1.29 is 4.79 Å². The predicted molar refractivity (Wildman–Crippen MR) is 70.4 cm³/mol. The van der Waals surface area contributed by atoms with Gasteiger partial charge >= 0.3 is 0 Å². The van der Waals surface area contributed by atoms with Crippen molar-refractivity contribution in [2.45, 2.75) is 6.92 Å². The summed E-state index contributed by atoms with van der Waals surface area (Å²) in [6.45, 7) is 1.89. The van der Waals surface area contributed by atoms with Crippen molar-refractivity contribution in [2.75, 3.05) is 17.7 Å². The number of anilines is 2. The Morgan fingerprint density at radius 2 is 2.06 bits per heavy atom. The third-order valence-electron chi connectivity index (χ3n) is 2.62. The van der Waals surface area contributed by atoms with Crippen LogP contribution in [0.3, 0.4) is 0 Å². The molecular formula is C13H14N4O. The van der Waals surface area contributed by atoms with Gasteiger partial charge < -0.3 is 10.6 Å². The van der Waals surface area contributed by atoms with Crippen LogP contribution in [0.5, 0.6) is 0 Å². The van der Waals surface area contributed by atoms with Crippen LogP contribution in [0.2, 0.25) is 0 Å². The number of nitrogen functional groups attached to an aromatic ring is 1. The second kappa shape index (κ2) is 4.83. The van der Waals surface area contributed by atoms with Gasteiger partial charge in [-0.15, -0.1) is 0 Å². The number of hydrogen-bond acceptors (Lipinski definition) is 4. The fourth-order valence-electron chi connectivity index (χ4n) is 1.68. The topological polar surface area (TPSA) is 72.1 Å². The summed E-state index contributed by atoms with van der Waals surface area (Å²) < 4.78 is 0. The summed E-state index contributed by atoms with van der Waals surface area (Å²) in [5.41, 5.74) is 8.37. The predicted octanol–water partition coefficient (Wildman–Crippen LogP) is 1.64. The molecule has 18 heavy (non-hydrogen) atoms. The molecule has 2 heterocycles. The summed E-state index contributed by atoms with van der Waals surface area (Å²) >= 11 is 0. The van der Waals surface area contributed by atoms with Gasteiger partial charge in [-0.25, -0.2) is 0 Å². The highest BCUT2D eigenvalue weighted by atomic mass is 16.2. The first kappa shape index (κ1) is 12.0. The van der Waals surface area contributed by atoms with E-state index in [2.05, 4.69) is 9.97 Å². The Kier molecular flexibility index (Phi) is 3.23. The largest absolute Gasteiger partial charge is 0.396 e. The van der Waals surface area contributed by atoms with Crippen LogP contribution >= 0.6 is 0 Å². The molecule has 0 radical (unpaired) electrons. The van der Waals surface area contributed by atoms with Crippen molar-refractivity contribution in [3.05, 3.63) is 48.0 Å². The molecule has 0 aliphatic rings. The smallest absolute Gasteiger partial charge is 0.259 e. The fourth-order valence-corrected chi connectivity index (χ4v) is 1.68. The Bertz CT molecular complexity index is 583. The lowest BCUT2D eigenvalue weighted by Gasteiger charge is -2.18. The Balaban J connectivity index is 2.32. The molecule has 0 aromatic carbocycles. The van der Waals surface area contributed by atoms with Crippen LogP contribution in [-0.2, 0) is 0 Å². The van der Waals surface area contributed by atoms with E-state index < -0.39 is 0 Å². The molecule has 2 rings (SSSR count). The van der Waals surface area contributed by atoms with Crippen LogP contribution in [0.15, 0.2) is 36.9 Å². The fraction of sp³-hybridized carbons (Fsp3) is 0.154. The zero-order chi connectivity index (χ0) is 13.1. The third kappa shape index (κ3) is 2.29. The maximum absolute atomic E-state index is 12.3. The molecule has 0 saturated carbocycles. The lowest BCUT2D eigenvalue weighted by atomic mass is 10.2. The van der Waals surface area contributed by atoms with Gasteiger partial charge in [0.25, 0.3) is 5.91 Å². The van der Waals surface area contributed by atoms with E-state index in [0.29, 0.717) is 16.9 Å². The number of nitrogens with two attached hydrogens (primary N) is 1. The monoisotopic (exact) mass is 242 g/mol. The van der Waals surface area contributed by atoms with Crippen molar-refractivity contribution in [3.8, 4) is 0 Å². The molecule has 2 aromatic heterocycles. The van der Waals surface area contributed by atoms with E-state index in [4.69, 9.17) is 5.73 Å². The summed E-state index contributed by atoms with van der Waals surface area (Å²) in [5, 5.41) is 0. The van der Waals surface area contributed by atoms with Crippen LogP contribution in [0.1, 0.15) is 15.9 Å². The molecule has 2 aromatic rings. The van der Waals surface area contributed by atoms with Gasteiger partial charge in [-0.05, 0) is 24.6 Å². The molecule has 2 N–H and O–H groups in total. The number of carbonyl (C=O) groups is 1. The highest BCUT2D eigenvalue weighted by Crippen LogP contribution is 2.21. The van der Waals surface area contributed by atoms with Crippen molar-refractivity contribution in [2.24, 2.45) is 0 Å². The quantitative estimate of drug-likeness (QED) is 0.869.